The lowest BCUT2D eigenvalue weighted by molar-refractivity contribution is 0.0761. The van der Waals surface area contributed by atoms with Crippen LogP contribution in [0.5, 0.6) is 5.75 Å². The number of aromatic nitrogens is 2. The number of ether oxygens (including phenoxy) is 1. The summed E-state index contributed by atoms with van der Waals surface area (Å²) in [7, 11) is 1.58. The van der Waals surface area contributed by atoms with E-state index in [4.69, 9.17) is 13.7 Å². The molecule has 7 nitrogen and oxygen atoms in total. The van der Waals surface area contributed by atoms with Crippen molar-refractivity contribution in [1.29, 1.82) is 0 Å². The Morgan fingerprint density at radius 1 is 1.32 bits per heavy atom. The molecule has 28 heavy (non-hydrogen) atoms. The number of thiophene rings is 1. The van der Waals surface area contributed by atoms with Gasteiger partial charge in [0.1, 0.15) is 0 Å². The first kappa shape index (κ1) is 17.0. The van der Waals surface area contributed by atoms with Crippen molar-refractivity contribution in [3.63, 3.8) is 0 Å². The molecule has 142 valence electrons. The Balaban J connectivity index is 1.34. The number of carbonyl (C=O) groups is 1. The van der Waals surface area contributed by atoms with E-state index >= 15 is 0 Å². The summed E-state index contributed by atoms with van der Waals surface area (Å²) in [5, 5.41) is 6.94. The maximum absolute atomic E-state index is 12.9. The van der Waals surface area contributed by atoms with E-state index in [-0.39, 0.29) is 11.8 Å². The number of furan rings is 1. The van der Waals surface area contributed by atoms with E-state index in [1.54, 1.807) is 29.4 Å². The minimum Gasteiger partial charge on any atom is -0.493 e. The summed E-state index contributed by atoms with van der Waals surface area (Å²) in [6, 6.07) is 11.2. The van der Waals surface area contributed by atoms with E-state index in [2.05, 4.69) is 10.1 Å². The number of hydrogen-bond acceptors (Lipinski definition) is 7. The van der Waals surface area contributed by atoms with Crippen molar-refractivity contribution in [2.24, 2.45) is 0 Å². The number of fused-ring (bicyclic) bond motifs is 1. The van der Waals surface area contributed by atoms with Crippen molar-refractivity contribution < 1.29 is 18.5 Å². The Morgan fingerprint density at radius 2 is 2.25 bits per heavy atom. The highest BCUT2D eigenvalue weighted by Gasteiger charge is 2.32. The molecule has 1 fully saturated rings. The van der Waals surface area contributed by atoms with Gasteiger partial charge in [-0.1, -0.05) is 23.4 Å². The van der Waals surface area contributed by atoms with Crippen LogP contribution in [0.15, 0.2) is 50.7 Å². The molecule has 0 unspecified atom stereocenters. The first-order valence-corrected chi connectivity index (χ1v) is 9.84. The van der Waals surface area contributed by atoms with E-state index < -0.39 is 0 Å². The largest absolute Gasteiger partial charge is 0.493 e. The van der Waals surface area contributed by atoms with Crippen LogP contribution in [0.25, 0.3) is 21.7 Å². The second kappa shape index (κ2) is 6.79. The van der Waals surface area contributed by atoms with Crippen LogP contribution in [0.1, 0.15) is 28.7 Å². The van der Waals surface area contributed by atoms with E-state index in [1.165, 1.54) is 0 Å². The number of methoxy groups -OCH3 is 1. The molecule has 0 saturated carbocycles. The highest BCUT2D eigenvalue weighted by Crippen LogP contribution is 2.32. The summed E-state index contributed by atoms with van der Waals surface area (Å²) >= 11 is 1.56. The van der Waals surface area contributed by atoms with Crippen molar-refractivity contribution in [3.8, 4) is 16.5 Å². The molecule has 4 aromatic rings. The van der Waals surface area contributed by atoms with Gasteiger partial charge in [-0.15, -0.1) is 11.3 Å². The molecule has 1 aromatic carbocycles. The fraction of sp³-hybridized carbons (Fsp3) is 0.250. The Bertz CT molecular complexity index is 1130. The van der Waals surface area contributed by atoms with Gasteiger partial charge < -0.3 is 18.6 Å². The van der Waals surface area contributed by atoms with E-state index in [1.807, 2.05) is 35.7 Å². The van der Waals surface area contributed by atoms with Crippen molar-refractivity contribution in [2.45, 2.75) is 12.3 Å². The first-order chi connectivity index (χ1) is 13.7. The van der Waals surface area contributed by atoms with E-state index in [0.29, 0.717) is 41.9 Å². The van der Waals surface area contributed by atoms with Gasteiger partial charge in [-0.3, -0.25) is 4.79 Å². The molecule has 1 aliphatic rings. The molecule has 0 radical (unpaired) electrons. The summed E-state index contributed by atoms with van der Waals surface area (Å²) in [5.74, 6) is 2.02. The van der Waals surface area contributed by atoms with Gasteiger partial charge in [0.25, 0.3) is 11.8 Å². The molecule has 3 aromatic heterocycles. The minimum absolute atomic E-state index is 0.0559. The van der Waals surface area contributed by atoms with Crippen molar-refractivity contribution in [2.75, 3.05) is 20.2 Å². The highest BCUT2D eigenvalue weighted by atomic mass is 32.1. The van der Waals surface area contributed by atoms with Crippen LogP contribution in [-0.2, 0) is 0 Å². The molecule has 1 saturated heterocycles. The average Bonchev–Trinajstić information content (AvgIpc) is 3.50. The smallest absolute Gasteiger partial charge is 0.289 e. The monoisotopic (exact) mass is 395 g/mol. The Kier molecular flexibility index (Phi) is 4.12. The van der Waals surface area contributed by atoms with Crippen LogP contribution in [0.4, 0.5) is 0 Å². The average molecular weight is 395 g/mol. The van der Waals surface area contributed by atoms with Crippen molar-refractivity contribution in [1.82, 2.24) is 15.0 Å². The van der Waals surface area contributed by atoms with Gasteiger partial charge in [-0.25, -0.2) is 0 Å². The third-order valence-corrected chi connectivity index (χ3v) is 5.81. The third kappa shape index (κ3) is 2.86. The minimum atomic E-state index is -0.136. The fourth-order valence-electron chi connectivity index (χ4n) is 3.51. The third-order valence-electron chi connectivity index (χ3n) is 4.95. The zero-order valence-corrected chi connectivity index (χ0v) is 15.9. The standard InChI is InChI=1S/C20H17N3O4S/c1-25-14-5-2-4-12-10-15(26-17(12)14)20(24)23-8-7-13(11-23)18-21-19(27-22-18)16-6-3-9-28-16/h2-6,9-10,13H,7-8,11H2,1H3/t13-/m0/s1. The van der Waals surface area contributed by atoms with E-state index in [9.17, 15) is 4.79 Å². The van der Waals surface area contributed by atoms with Crippen molar-refractivity contribution in [3.05, 3.63) is 53.4 Å². The molecule has 0 bridgehead atoms. The fourth-order valence-corrected chi connectivity index (χ4v) is 4.16. The van der Waals surface area contributed by atoms with Crippen LogP contribution >= 0.6 is 11.3 Å². The second-order valence-electron chi connectivity index (χ2n) is 6.66. The molecule has 0 aliphatic carbocycles. The maximum Gasteiger partial charge on any atom is 0.289 e. The molecule has 1 aliphatic heterocycles. The lowest BCUT2D eigenvalue weighted by Crippen LogP contribution is -2.28. The predicted molar refractivity (Wildman–Crippen MR) is 104 cm³/mol. The normalized spacial score (nSPS) is 16.8. The molecular formula is C20H17N3O4S. The first-order valence-electron chi connectivity index (χ1n) is 8.96. The van der Waals surface area contributed by atoms with Crippen molar-refractivity contribution >= 4 is 28.2 Å². The highest BCUT2D eigenvalue weighted by molar-refractivity contribution is 7.13. The molecule has 4 heterocycles. The van der Waals surface area contributed by atoms with Crippen LogP contribution in [0.2, 0.25) is 0 Å². The molecule has 0 N–H and O–H groups in total. The summed E-state index contributed by atoms with van der Waals surface area (Å²) in [4.78, 5) is 20.1. The molecule has 1 atom stereocenters. The molecule has 1 amide bonds. The van der Waals surface area contributed by atoms with Gasteiger partial charge in [-0.2, -0.15) is 4.98 Å². The van der Waals surface area contributed by atoms with Gasteiger partial charge >= 0.3 is 0 Å². The summed E-state index contributed by atoms with van der Waals surface area (Å²) in [5.41, 5.74) is 0.586. The maximum atomic E-state index is 12.9. The number of carbonyl (C=O) groups excluding carboxylic acids is 1. The Hall–Kier alpha value is -3.13. The molecule has 8 heteroatoms. The molecular weight excluding hydrogens is 378 g/mol. The molecule has 0 spiro atoms. The van der Waals surface area contributed by atoms with Crippen LogP contribution in [-0.4, -0.2) is 41.1 Å². The Labute approximate surface area is 164 Å². The van der Waals surface area contributed by atoms with Gasteiger partial charge in [0.15, 0.2) is 22.9 Å². The number of para-hydroxylation sites is 1. The molecule has 5 rings (SSSR count). The number of rotatable bonds is 4. The Morgan fingerprint density at radius 3 is 3.07 bits per heavy atom. The van der Waals surface area contributed by atoms with Gasteiger partial charge in [0.05, 0.1) is 12.0 Å². The summed E-state index contributed by atoms with van der Waals surface area (Å²) in [6.45, 7) is 1.16. The zero-order valence-electron chi connectivity index (χ0n) is 15.1. The topological polar surface area (TPSA) is 81.6 Å². The van der Waals surface area contributed by atoms with Gasteiger partial charge in [0, 0.05) is 24.4 Å². The number of likely N-dealkylation sites (tertiary alicyclic amines) is 1. The predicted octanol–water partition coefficient (Wildman–Crippen LogP) is 4.18. The second-order valence-corrected chi connectivity index (χ2v) is 7.61. The lowest BCUT2D eigenvalue weighted by atomic mass is 10.1. The van der Waals surface area contributed by atoms with Gasteiger partial charge in [0.2, 0.25) is 0 Å². The lowest BCUT2D eigenvalue weighted by Gasteiger charge is -2.13. The summed E-state index contributed by atoms with van der Waals surface area (Å²) < 4.78 is 16.5. The van der Waals surface area contributed by atoms with Crippen LogP contribution < -0.4 is 4.74 Å². The number of nitrogens with zero attached hydrogens (tertiary/aromatic N) is 3. The number of benzene rings is 1. The van der Waals surface area contributed by atoms with Gasteiger partial charge in [-0.05, 0) is 30.0 Å². The zero-order chi connectivity index (χ0) is 19.1. The summed E-state index contributed by atoms with van der Waals surface area (Å²) in [6.07, 6.45) is 0.790. The van der Waals surface area contributed by atoms with Crippen LogP contribution in [0, 0.1) is 0 Å². The number of hydrogen-bond donors (Lipinski definition) is 0. The van der Waals surface area contributed by atoms with E-state index in [0.717, 1.165) is 16.7 Å². The quantitative estimate of drug-likeness (QED) is 0.516. The SMILES string of the molecule is COc1cccc2cc(C(=O)N3CC[C@H](c4noc(-c5cccs5)n4)C3)oc12. The van der Waals surface area contributed by atoms with Crippen LogP contribution in [0.3, 0.4) is 0 Å². The number of amides is 1.